The van der Waals surface area contributed by atoms with E-state index in [0.29, 0.717) is 25.2 Å². The van der Waals surface area contributed by atoms with Crippen molar-refractivity contribution in [3.63, 3.8) is 0 Å². The number of rotatable bonds is 8. The molecule has 6 heteroatoms. The topological polar surface area (TPSA) is 46.9 Å². The SMILES string of the molecule is Cc1ccccc1C=CC(=O)Nc1ccn(CCCCC(C)(F)F)n1. The van der Waals surface area contributed by atoms with Gasteiger partial charge in [0.25, 0.3) is 0 Å². The first kappa shape index (κ1) is 18.8. The van der Waals surface area contributed by atoms with Gasteiger partial charge in [0.05, 0.1) is 0 Å². The van der Waals surface area contributed by atoms with Gasteiger partial charge >= 0.3 is 0 Å². The molecule has 0 bridgehead atoms. The third kappa shape index (κ3) is 6.87. The van der Waals surface area contributed by atoms with Gasteiger partial charge in [-0.2, -0.15) is 5.10 Å². The van der Waals surface area contributed by atoms with E-state index in [0.717, 1.165) is 18.1 Å². The monoisotopic (exact) mass is 347 g/mol. The Balaban J connectivity index is 1.80. The van der Waals surface area contributed by atoms with Crippen molar-refractivity contribution in [2.75, 3.05) is 5.32 Å². The molecule has 1 N–H and O–H groups in total. The highest BCUT2D eigenvalue weighted by Crippen LogP contribution is 2.20. The predicted octanol–water partition coefficient (Wildman–Crippen LogP) is 4.67. The lowest BCUT2D eigenvalue weighted by Crippen LogP contribution is -2.10. The van der Waals surface area contributed by atoms with Crippen molar-refractivity contribution >= 4 is 17.8 Å². The second-order valence-corrected chi connectivity index (χ2v) is 6.17. The van der Waals surface area contributed by atoms with Crippen LogP contribution in [0, 0.1) is 6.92 Å². The molecule has 0 fully saturated rings. The molecule has 0 aliphatic rings. The van der Waals surface area contributed by atoms with Crippen molar-refractivity contribution in [1.82, 2.24) is 9.78 Å². The van der Waals surface area contributed by atoms with E-state index in [1.165, 1.54) is 6.08 Å². The molecule has 2 rings (SSSR count). The van der Waals surface area contributed by atoms with Crippen LogP contribution in [-0.4, -0.2) is 21.6 Å². The van der Waals surface area contributed by atoms with Crippen LogP contribution in [0.1, 0.15) is 37.3 Å². The Labute approximate surface area is 146 Å². The highest BCUT2D eigenvalue weighted by Gasteiger charge is 2.19. The summed E-state index contributed by atoms with van der Waals surface area (Å²) in [6.07, 6.45) is 5.87. The van der Waals surface area contributed by atoms with Crippen LogP contribution in [0.15, 0.2) is 42.6 Å². The number of nitrogens with one attached hydrogen (secondary N) is 1. The summed E-state index contributed by atoms with van der Waals surface area (Å²) in [4.78, 5) is 11.9. The fourth-order valence-corrected chi connectivity index (χ4v) is 2.37. The first-order chi connectivity index (χ1) is 11.8. The number of hydrogen-bond acceptors (Lipinski definition) is 2. The number of aromatic nitrogens is 2. The van der Waals surface area contributed by atoms with Gasteiger partial charge in [-0.3, -0.25) is 9.48 Å². The van der Waals surface area contributed by atoms with E-state index in [-0.39, 0.29) is 12.3 Å². The first-order valence-electron chi connectivity index (χ1n) is 8.29. The number of nitrogens with zero attached hydrogens (tertiary/aromatic N) is 2. The quantitative estimate of drug-likeness (QED) is 0.557. The molecule has 0 unspecified atom stereocenters. The lowest BCUT2D eigenvalue weighted by Gasteiger charge is -2.09. The Kier molecular flexibility index (Phi) is 6.44. The molecular weight excluding hydrogens is 324 g/mol. The average Bonchev–Trinajstić information content (AvgIpc) is 2.97. The second kappa shape index (κ2) is 8.55. The fourth-order valence-electron chi connectivity index (χ4n) is 2.37. The maximum Gasteiger partial charge on any atom is 0.249 e. The highest BCUT2D eigenvalue weighted by atomic mass is 19.3. The molecule has 0 aliphatic heterocycles. The van der Waals surface area contributed by atoms with Crippen molar-refractivity contribution in [3.05, 3.63) is 53.7 Å². The smallest absolute Gasteiger partial charge is 0.249 e. The summed E-state index contributed by atoms with van der Waals surface area (Å²) in [5.41, 5.74) is 2.07. The number of unbranched alkanes of at least 4 members (excludes halogenated alkanes) is 1. The van der Waals surface area contributed by atoms with Crippen LogP contribution in [-0.2, 0) is 11.3 Å². The van der Waals surface area contributed by atoms with Gasteiger partial charge in [0.1, 0.15) is 0 Å². The number of aryl methyl sites for hydroxylation is 2. The van der Waals surface area contributed by atoms with Gasteiger partial charge < -0.3 is 5.32 Å². The maximum absolute atomic E-state index is 12.7. The number of benzene rings is 1. The highest BCUT2D eigenvalue weighted by molar-refractivity contribution is 6.01. The molecule has 1 heterocycles. The number of hydrogen-bond donors (Lipinski definition) is 1. The molecule has 1 amide bonds. The molecule has 4 nitrogen and oxygen atoms in total. The van der Waals surface area contributed by atoms with Crippen molar-refractivity contribution in [2.24, 2.45) is 0 Å². The first-order valence-corrected chi connectivity index (χ1v) is 8.29. The van der Waals surface area contributed by atoms with Gasteiger partial charge in [0.2, 0.25) is 11.8 Å². The minimum Gasteiger partial charge on any atom is -0.306 e. The largest absolute Gasteiger partial charge is 0.306 e. The molecule has 0 aliphatic carbocycles. The summed E-state index contributed by atoms with van der Waals surface area (Å²) in [5, 5.41) is 6.91. The second-order valence-electron chi connectivity index (χ2n) is 6.17. The molecule has 0 saturated heterocycles. The van der Waals surface area contributed by atoms with Crippen molar-refractivity contribution in [1.29, 1.82) is 0 Å². The Morgan fingerprint density at radius 3 is 2.76 bits per heavy atom. The van der Waals surface area contributed by atoms with Crippen molar-refractivity contribution in [3.8, 4) is 0 Å². The fraction of sp³-hybridized carbons (Fsp3) is 0.368. The Hall–Kier alpha value is -2.50. The zero-order valence-electron chi connectivity index (χ0n) is 14.5. The summed E-state index contributed by atoms with van der Waals surface area (Å²) in [6, 6.07) is 9.47. The van der Waals surface area contributed by atoms with E-state index in [1.54, 1.807) is 23.0 Å². The van der Waals surface area contributed by atoms with E-state index >= 15 is 0 Å². The van der Waals surface area contributed by atoms with E-state index < -0.39 is 5.92 Å². The number of amides is 1. The van der Waals surface area contributed by atoms with Crippen molar-refractivity contribution in [2.45, 2.75) is 45.6 Å². The molecule has 0 spiro atoms. The van der Waals surface area contributed by atoms with Crippen LogP contribution < -0.4 is 5.32 Å². The lowest BCUT2D eigenvalue weighted by molar-refractivity contribution is -0.111. The van der Waals surface area contributed by atoms with Crippen LogP contribution in [0.3, 0.4) is 0 Å². The van der Waals surface area contributed by atoms with Gasteiger partial charge in [0.15, 0.2) is 5.82 Å². The Morgan fingerprint density at radius 2 is 2.04 bits per heavy atom. The minimum atomic E-state index is -2.62. The predicted molar refractivity (Wildman–Crippen MR) is 95.5 cm³/mol. The third-order valence-electron chi connectivity index (χ3n) is 3.75. The van der Waals surface area contributed by atoms with Crippen LogP contribution in [0.4, 0.5) is 14.6 Å². The summed E-state index contributed by atoms with van der Waals surface area (Å²) >= 11 is 0. The number of alkyl halides is 2. The van der Waals surface area contributed by atoms with Crippen molar-refractivity contribution < 1.29 is 13.6 Å². The molecule has 134 valence electrons. The van der Waals surface area contributed by atoms with E-state index in [4.69, 9.17) is 0 Å². The van der Waals surface area contributed by atoms with Gasteiger partial charge in [0, 0.05) is 31.3 Å². The van der Waals surface area contributed by atoms with Gasteiger partial charge in [-0.1, -0.05) is 24.3 Å². The van der Waals surface area contributed by atoms with Crippen LogP contribution in [0.2, 0.25) is 0 Å². The minimum absolute atomic E-state index is 0.123. The average molecular weight is 347 g/mol. The molecule has 0 radical (unpaired) electrons. The summed E-state index contributed by atoms with van der Waals surface area (Å²) in [5.74, 6) is -2.44. The lowest BCUT2D eigenvalue weighted by atomic mass is 10.1. The van der Waals surface area contributed by atoms with Gasteiger partial charge in [-0.25, -0.2) is 8.78 Å². The molecule has 1 aromatic heterocycles. The van der Waals surface area contributed by atoms with Crippen LogP contribution in [0.5, 0.6) is 0 Å². The van der Waals surface area contributed by atoms with E-state index in [2.05, 4.69) is 10.4 Å². The number of anilines is 1. The molecule has 0 saturated carbocycles. The summed E-state index contributed by atoms with van der Waals surface area (Å²) in [6.45, 7) is 3.46. The zero-order chi connectivity index (χ0) is 18.3. The Bertz CT molecular complexity index is 732. The summed E-state index contributed by atoms with van der Waals surface area (Å²) in [7, 11) is 0. The van der Waals surface area contributed by atoms with E-state index in [1.807, 2.05) is 31.2 Å². The normalized spacial score (nSPS) is 11.8. The standard InChI is InChI=1S/C19H23F2N3O/c1-15-7-3-4-8-16(15)9-10-18(25)22-17-11-14-24(23-17)13-6-5-12-19(2,20)21/h3-4,7-11,14H,5-6,12-13H2,1-2H3,(H,22,23,25). The molecule has 25 heavy (non-hydrogen) atoms. The molecule has 1 aromatic carbocycles. The molecule has 2 aromatic rings. The number of carbonyl (C=O) groups is 1. The molecular formula is C19H23F2N3O. The molecule has 0 atom stereocenters. The number of carbonyl (C=O) groups excluding carboxylic acids is 1. The summed E-state index contributed by atoms with van der Waals surface area (Å²) < 4.78 is 27.1. The van der Waals surface area contributed by atoms with E-state index in [9.17, 15) is 13.6 Å². The maximum atomic E-state index is 12.7. The van der Waals surface area contributed by atoms with Gasteiger partial charge in [-0.15, -0.1) is 0 Å². The third-order valence-corrected chi connectivity index (χ3v) is 3.75. The Morgan fingerprint density at radius 1 is 1.28 bits per heavy atom. The van der Waals surface area contributed by atoms with Gasteiger partial charge in [-0.05, 0) is 43.9 Å². The zero-order valence-corrected chi connectivity index (χ0v) is 14.5. The van der Waals surface area contributed by atoms with Crippen LogP contribution in [0.25, 0.3) is 6.08 Å². The number of halogens is 2. The van der Waals surface area contributed by atoms with Crippen LogP contribution >= 0.6 is 0 Å².